The van der Waals surface area contributed by atoms with E-state index in [1.165, 1.54) is 6.08 Å². The Morgan fingerprint density at radius 3 is 2.29 bits per heavy atom. The van der Waals surface area contributed by atoms with Crippen molar-refractivity contribution in [3.63, 3.8) is 0 Å². The molecule has 0 amide bonds. The fourth-order valence-corrected chi connectivity index (χ4v) is 0.983. The first-order chi connectivity index (χ1) is 6.65. The number of hydrogen-bond donors (Lipinski definition) is 0. The lowest BCUT2D eigenvalue weighted by molar-refractivity contribution is 0.445. The van der Waals surface area contributed by atoms with Gasteiger partial charge in [-0.3, -0.25) is 0 Å². The molecule has 0 radical (unpaired) electrons. The molecule has 0 aliphatic heterocycles. The molecule has 2 nitrogen and oxygen atoms in total. The zero-order valence-corrected chi connectivity index (χ0v) is 7.06. The normalized spacial score (nSPS) is 9.64. The van der Waals surface area contributed by atoms with Crippen molar-refractivity contribution in [3.8, 4) is 0 Å². The third kappa shape index (κ3) is 2.44. The second kappa shape index (κ2) is 4.58. The molecule has 0 atom stereocenters. The number of nitrogens with zero attached hydrogens (tertiary/aromatic N) is 1. The molecule has 0 aromatic heterocycles. The zero-order valence-electron chi connectivity index (χ0n) is 7.06. The second-order valence-electron chi connectivity index (χ2n) is 2.60. The summed E-state index contributed by atoms with van der Waals surface area (Å²) >= 11 is 0. The minimum absolute atomic E-state index is 0.0774. The molecule has 0 fully saturated rings. The molecule has 0 saturated carbocycles. The van der Waals surface area contributed by atoms with Crippen molar-refractivity contribution in [2.75, 3.05) is 6.54 Å². The molecule has 1 aromatic rings. The van der Waals surface area contributed by atoms with Gasteiger partial charge < -0.3 is 0 Å². The zero-order chi connectivity index (χ0) is 10.6. The van der Waals surface area contributed by atoms with Crippen LogP contribution in [-0.2, 0) is 11.2 Å². The van der Waals surface area contributed by atoms with Crippen molar-refractivity contribution < 1.29 is 18.0 Å². The van der Waals surface area contributed by atoms with E-state index in [2.05, 4.69) is 4.99 Å². The van der Waals surface area contributed by atoms with Crippen LogP contribution < -0.4 is 0 Å². The molecule has 1 aromatic carbocycles. The maximum atomic E-state index is 12.6. The van der Waals surface area contributed by atoms with Crippen LogP contribution in [0, 0.1) is 17.5 Å². The molecule has 0 heterocycles. The van der Waals surface area contributed by atoms with Gasteiger partial charge in [0.15, 0.2) is 17.5 Å². The van der Waals surface area contributed by atoms with Crippen LogP contribution in [0.15, 0.2) is 17.1 Å². The van der Waals surface area contributed by atoms with Gasteiger partial charge in [-0.15, -0.1) is 0 Å². The summed E-state index contributed by atoms with van der Waals surface area (Å²) in [5.74, 6) is -3.97. The molecule has 0 unspecified atom stereocenters. The Balaban J connectivity index is 2.84. The highest BCUT2D eigenvalue weighted by molar-refractivity contribution is 5.33. The molecule has 0 N–H and O–H groups in total. The molecule has 0 aliphatic carbocycles. The summed E-state index contributed by atoms with van der Waals surface area (Å²) in [5.41, 5.74) is 0.250. The van der Waals surface area contributed by atoms with Gasteiger partial charge in [-0.05, 0) is 24.1 Å². The first-order valence-corrected chi connectivity index (χ1v) is 3.82. The molecule has 5 heteroatoms. The summed E-state index contributed by atoms with van der Waals surface area (Å²) in [6.45, 7) is 0.0774. The van der Waals surface area contributed by atoms with E-state index < -0.39 is 17.5 Å². The lowest BCUT2D eigenvalue weighted by atomic mass is 10.1. The summed E-state index contributed by atoms with van der Waals surface area (Å²) in [6.07, 6.45) is 1.46. The van der Waals surface area contributed by atoms with Crippen LogP contribution in [0.3, 0.4) is 0 Å². The van der Waals surface area contributed by atoms with Gasteiger partial charge in [0, 0.05) is 0 Å². The average molecular weight is 201 g/mol. The molecule has 0 spiro atoms. The SMILES string of the molecule is O=C=NCCc1cc(F)c(F)c(F)c1. The maximum Gasteiger partial charge on any atom is 0.234 e. The van der Waals surface area contributed by atoms with E-state index in [1.54, 1.807) is 0 Å². The Kier molecular flexibility index (Phi) is 3.42. The van der Waals surface area contributed by atoms with E-state index in [4.69, 9.17) is 0 Å². The summed E-state index contributed by atoms with van der Waals surface area (Å²) in [6, 6.07) is 1.75. The largest absolute Gasteiger partial charge is 0.234 e. The Morgan fingerprint density at radius 2 is 1.79 bits per heavy atom. The number of aliphatic imine (C=N–C) groups is 1. The van der Waals surface area contributed by atoms with Crippen molar-refractivity contribution in [3.05, 3.63) is 35.1 Å². The monoisotopic (exact) mass is 201 g/mol. The minimum Gasteiger partial charge on any atom is -0.211 e. The van der Waals surface area contributed by atoms with E-state index in [0.29, 0.717) is 0 Å². The van der Waals surface area contributed by atoms with Gasteiger partial charge in [0.2, 0.25) is 6.08 Å². The fourth-order valence-electron chi connectivity index (χ4n) is 0.983. The van der Waals surface area contributed by atoms with Crippen LogP contribution in [0.4, 0.5) is 13.2 Å². The van der Waals surface area contributed by atoms with Crippen molar-refractivity contribution in [1.29, 1.82) is 0 Å². The van der Waals surface area contributed by atoms with Gasteiger partial charge in [0.05, 0.1) is 6.54 Å². The Morgan fingerprint density at radius 1 is 1.21 bits per heavy atom. The van der Waals surface area contributed by atoms with Crippen LogP contribution in [0.2, 0.25) is 0 Å². The third-order valence-electron chi connectivity index (χ3n) is 1.62. The van der Waals surface area contributed by atoms with E-state index in [9.17, 15) is 18.0 Å². The van der Waals surface area contributed by atoms with E-state index in [1.807, 2.05) is 0 Å². The van der Waals surface area contributed by atoms with Crippen LogP contribution in [0.1, 0.15) is 5.56 Å². The number of halogens is 3. The van der Waals surface area contributed by atoms with Gasteiger partial charge in [-0.25, -0.2) is 23.0 Å². The summed E-state index contributed by atoms with van der Waals surface area (Å²) < 4.78 is 37.7. The summed E-state index contributed by atoms with van der Waals surface area (Å²) in [4.78, 5) is 12.9. The van der Waals surface area contributed by atoms with Crippen LogP contribution in [-0.4, -0.2) is 12.6 Å². The number of rotatable bonds is 3. The second-order valence-corrected chi connectivity index (χ2v) is 2.60. The minimum atomic E-state index is -1.49. The quantitative estimate of drug-likeness (QED) is 0.417. The van der Waals surface area contributed by atoms with E-state index in [-0.39, 0.29) is 18.5 Å². The van der Waals surface area contributed by atoms with Crippen LogP contribution >= 0.6 is 0 Å². The average Bonchev–Trinajstić information content (AvgIpc) is 2.14. The number of benzene rings is 1. The smallest absolute Gasteiger partial charge is 0.211 e. The van der Waals surface area contributed by atoms with Crippen molar-refractivity contribution in [2.45, 2.75) is 6.42 Å². The molecule has 74 valence electrons. The van der Waals surface area contributed by atoms with E-state index in [0.717, 1.165) is 12.1 Å². The Bertz CT molecular complexity index is 363. The number of isocyanates is 1. The summed E-state index contributed by atoms with van der Waals surface area (Å²) in [5, 5.41) is 0. The lowest BCUT2D eigenvalue weighted by Crippen LogP contribution is -1.96. The van der Waals surface area contributed by atoms with Gasteiger partial charge in [-0.1, -0.05) is 0 Å². The van der Waals surface area contributed by atoms with Crippen molar-refractivity contribution in [2.24, 2.45) is 4.99 Å². The van der Waals surface area contributed by atoms with Gasteiger partial charge in [-0.2, -0.15) is 0 Å². The number of hydrogen-bond acceptors (Lipinski definition) is 2. The van der Waals surface area contributed by atoms with Gasteiger partial charge in [0.25, 0.3) is 0 Å². The topological polar surface area (TPSA) is 29.4 Å². The standard InChI is InChI=1S/C9H6F3NO/c10-7-3-6(1-2-13-5-14)4-8(11)9(7)12/h3-4H,1-2H2. The Hall–Kier alpha value is -1.61. The molecule has 0 saturated heterocycles. The summed E-state index contributed by atoms with van der Waals surface area (Å²) in [7, 11) is 0. The Labute approximate surface area is 78.1 Å². The van der Waals surface area contributed by atoms with Crippen molar-refractivity contribution in [1.82, 2.24) is 0 Å². The predicted molar refractivity (Wildman–Crippen MR) is 43.0 cm³/mol. The first-order valence-electron chi connectivity index (χ1n) is 3.82. The van der Waals surface area contributed by atoms with Crippen LogP contribution in [0.25, 0.3) is 0 Å². The highest BCUT2D eigenvalue weighted by Crippen LogP contribution is 2.13. The molecule has 14 heavy (non-hydrogen) atoms. The predicted octanol–water partition coefficient (Wildman–Crippen LogP) is 1.98. The van der Waals surface area contributed by atoms with Crippen molar-refractivity contribution >= 4 is 6.08 Å². The molecule has 1 rings (SSSR count). The third-order valence-corrected chi connectivity index (χ3v) is 1.62. The highest BCUT2D eigenvalue weighted by Gasteiger charge is 2.09. The lowest BCUT2D eigenvalue weighted by Gasteiger charge is -2.00. The van der Waals surface area contributed by atoms with Gasteiger partial charge in [0.1, 0.15) is 0 Å². The van der Waals surface area contributed by atoms with Gasteiger partial charge >= 0.3 is 0 Å². The molecule has 0 aliphatic rings. The number of carbonyl (C=O) groups excluding carboxylic acids is 1. The van der Waals surface area contributed by atoms with E-state index >= 15 is 0 Å². The molecular weight excluding hydrogens is 195 g/mol. The molecule has 0 bridgehead atoms. The fraction of sp³-hybridized carbons (Fsp3) is 0.222. The van der Waals surface area contributed by atoms with Crippen LogP contribution in [0.5, 0.6) is 0 Å². The molecular formula is C9H6F3NO. The maximum absolute atomic E-state index is 12.6. The highest BCUT2D eigenvalue weighted by atomic mass is 19.2. The first kappa shape index (κ1) is 10.5.